The average molecular weight is 218 g/mol. The molecule has 0 bridgehead atoms. The summed E-state index contributed by atoms with van der Waals surface area (Å²) >= 11 is 0. The molecule has 0 fully saturated rings. The Hall–Kier alpha value is -1.57. The second-order valence-corrected chi connectivity index (χ2v) is 3.91. The van der Waals surface area contributed by atoms with Crippen molar-refractivity contribution in [2.75, 3.05) is 6.61 Å². The molecule has 0 unspecified atom stereocenters. The number of carbonyl (C=O) groups is 1. The molecule has 2 nitrogen and oxygen atoms in total. The molecular formula is C14H18O2. The van der Waals surface area contributed by atoms with E-state index in [-0.39, 0.29) is 5.97 Å². The first-order valence-electron chi connectivity index (χ1n) is 5.58. The van der Waals surface area contributed by atoms with Gasteiger partial charge in [0.1, 0.15) is 0 Å². The Morgan fingerprint density at radius 2 is 1.94 bits per heavy atom. The monoisotopic (exact) mass is 218 g/mol. The molecule has 0 saturated heterocycles. The molecule has 0 aliphatic rings. The van der Waals surface area contributed by atoms with Crippen LogP contribution in [0, 0.1) is 0 Å². The van der Waals surface area contributed by atoms with Crippen LogP contribution in [0.3, 0.4) is 0 Å². The quantitative estimate of drug-likeness (QED) is 0.572. The van der Waals surface area contributed by atoms with Gasteiger partial charge in [-0.2, -0.15) is 0 Å². The lowest BCUT2D eigenvalue weighted by atomic mass is 10.0. The number of ether oxygens (including phenoxy) is 1. The Kier molecular flexibility index (Phi) is 4.77. The fourth-order valence-electron chi connectivity index (χ4n) is 1.35. The summed E-state index contributed by atoms with van der Waals surface area (Å²) in [6.45, 7) is 6.52. The molecule has 1 aromatic carbocycles. The van der Waals surface area contributed by atoms with Gasteiger partial charge in [-0.3, -0.25) is 0 Å². The zero-order valence-corrected chi connectivity index (χ0v) is 10.1. The highest BCUT2D eigenvalue weighted by Crippen LogP contribution is 2.15. The molecule has 0 atom stereocenters. The predicted molar refractivity (Wildman–Crippen MR) is 66.2 cm³/mol. The summed E-state index contributed by atoms with van der Waals surface area (Å²) in [4.78, 5) is 11.1. The lowest BCUT2D eigenvalue weighted by Crippen LogP contribution is -1.98. The van der Waals surface area contributed by atoms with E-state index in [0.717, 1.165) is 5.56 Å². The van der Waals surface area contributed by atoms with Crippen LogP contribution in [0.2, 0.25) is 0 Å². The summed E-state index contributed by atoms with van der Waals surface area (Å²) in [5, 5.41) is 0. The molecule has 1 rings (SSSR count). The molecule has 16 heavy (non-hydrogen) atoms. The molecule has 0 amide bonds. The molecular weight excluding hydrogens is 200 g/mol. The van der Waals surface area contributed by atoms with E-state index in [9.17, 15) is 4.79 Å². The summed E-state index contributed by atoms with van der Waals surface area (Å²) in [6.07, 6.45) is 3.22. The first-order valence-corrected chi connectivity index (χ1v) is 5.58. The largest absolute Gasteiger partial charge is 0.463 e. The molecule has 1 aromatic rings. The van der Waals surface area contributed by atoms with Gasteiger partial charge in [0.05, 0.1) is 6.61 Å². The van der Waals surface area contributed by atoms with Crippen LogP contribution in [0.25, 0.3) is 6.08 Å². The highest BCUT2D eigenvalue weighted by Gasteiger charge is 1.98. The number of carbonyl (C=O) groups excluding carboxylic acids is 1. The average Bonchev–Trinajstić information content (AvgIpc) is 2.27. The van der Waals surface area contributed by atoms with Crippen LogP contribution >= 0.6 is 0 Å². The van der Waals surface area contributed by atoms with Crippen LogP contribution in [0.1, 0.15) is 37.8 Å². The summed E-state index contributed by atoms with van der Waals surface area (Å²) in [5.74, 6) is 0.235. The maximum absolute atomic E-state index is 11.1. The first kappa shape index (κ1) is 12.5. The third-order valence-corrected chi connectivity index (χ3v) is 2.30. The number of benzene rings is 1. The standard InChI is InChI=1S/C14H18O2/c1-4-16-14(15)10-7-12-5-8-13(9-6-12)11(2)3/h5-11H,4H2,1-3H3. The molecule has 0 aromatic heterocycles. The Labute approximate surface area is 96.9 Å². The summed E-state index contributed by atoms with van der Waals surface area (Å²) in [5.41, 5.74) is 2.31. The molecule has 0 spiro atoms. The van der Waals surface area contributed by atoms with Gasteiger partial charge in [-0.1, -0.05) is 38.1 Å². The van der Waals surface area contributed by atoms with Crippen LogP contribution in [0.5, 0.6) is 0 Å². The minimum absolute atomic E-state index is 0.296. The number of hydrogen-bond donors (Lipinski definition) is 0. The zero-order chi connectivity index (χ0) is 12.0. The maximum Gasteiger partial charge on any atom is 0.330 e. The topological polar surface area (TPSA) is 26.3 Å². The van der Waals surface area contributed by atoms with E-state index in [1.165, 1.54) is 11.6 Å². The zero-order valence-electron chi connectivity index (χ0n) is 10.1. The van der Waals surface area contributed by atoms with Gasteiger partial charge in [0.15, 0.2) is 0 Å². The van der Waals surface area contributed by atoms with E-state index >= 15 is 0 Å². The first-order chi connectivity index (χ1) is 7.63. The molecule has 0 aliphatic heterocycles. The van der Waals surface area contributed by atoms with Gasteiger partial charge in [-0.15, -0.1) is 0 Å². The molecule has 0 aliphatic carbocycles. The van der Waals surface area contributed by atoms with Gasteiger partial charge >= 0.3 is 5.97 Å². The molecule has 0 saturated carbocycles. The van der Waals surface area contributed by atoms with E-state index in [2.05, 4.69) is 26.0 Å². The minimum atomic E-state index is -0.296. The lowest BCUT2D eigenvalue weighted by molar-refractivity contribution is -0.137. The number of hydrogen-bond acceptors (Lipinski definition) is 2. The van der Waals surface area contributed by atoms with Crippen LogP contribution in [0.15, 0.2) is 30.3 Å². The Morgan fingerprint density at radius 3 is 2.44 bits per heavy atom. The molecule has 86 valence electrons. The number of esters is 1. The van der Waals surface area contributed by atoms with E-state index in [1.54, 1.807) is 13.0 Å². The molecule has 0 radical (unpaired) electrons. The summed E-state index contributed by atoms with van der Waals surface area (Å²) in [6, 6.07) is 8.17. The van der Waals surface area contributed by atoms with Gasteiger partial charge in [0.25, 0.3) is 0 Å². The normalized spacial score (nSPS) is 11.0. The second kappa shape index (κ2) is 6.11. The smallest absolute Gasteiger partial charge is 0.330 e. The van der Waals surface area contributed by atoms with Crippen molar-refractivity contribution in [2.45, 2.75) is 26.7 Å². The van der Waals surface area contributed by atoms with Crippen molar-refractivity contribution in [3.8, 4) is 0 Å². The van der Waals surface area contributed by atoms with Gasteiger partial charge in [-0.05, 0) is 30.0 Å². The van der Waals surface area contributed by atoms with Gasteiger partial charge < -0.3 is 4.74 Å². The third kappa shape index (κ3) is 3.89. The van der Waals surface area contributed by atoms with E-state index in [1.807, 2.05) is 12.1 Å². The van der Waals surface area contributed by atoms with Crippen LogP contribution < -0.4 is 0 Å². The van der Waals surface area contributed by atoms with E-state index in [0.29, 0.717) is 12.5 Å². The molecule has 2 heteroatoms. The van der Waals surface area contributed by atoms with Crippen LogP contribution in [0.4, 0.5) is 0 Å². The Morgan fingerprint density at radius 1 is 1.31 bits per heavy atom. The van der Waals surface area contributed by atoms with Gasteiger partial charge in [-0.25, -0.2) is 4.79 Å². The van der Waals surface area contributed by atoms with Crippen LogP contribution in [-0.4, -0.2) is 12.6 Å². The highest BCUT2D eigenvalue weighted by atomic mass is 16.5. The van der Waals surface area contributed by atoms with Crippen molar-refractivity contribution in [1.82, 2.24) is 0 Å². The van der Waals surface area contributed by atoms with E-state index in [4.69, 9.17) is 4.74 Å². The van der Waals surface area contributed by atoms with Gasteiger partial charge in [0.2, 0.25) is 0 Å². The van der Waals surface area contributed by atoms with Crippen LogP contribution in [-0.2, 0) is 9.53 Å². The van der Waals surface area contributed by atoms with Crippen molar-refractivity contribution in [2.24, 2.45) is 0 Å². The molecule has 0 heterocycles. The maximum atomic E-state index is 11.1. The van der Waals surface area contributed by atoms with Crippen molar-refractivity contribution in [3.05, 3.63) is 41.5 Å². The van der Waals surface area contributed by atoms with Crippen molar-refractivity contribution in [3.63, 3.8) is 0 Å². The fourth-order valence-corrected chi connectivity index (χ4v) is 1.35. The lowest BCUT2D eigenvalue weighted by Gasteiger charge is -2.04. The van der Waals surface area contributed by atoms with Crippen molar-refractivity contribution >= 4 is 12.0 Å². The van der Waals surface area contributed by atoms with Gasteiger partial charge in [0, 0.05) is 6.08 Å². The fraction of sp³-hybridized carbons (Fsp3) is 0.357. The second-order valence-electron chi connectivity index (χ2n) is 3.91. The number of rotatable bonds is 4. The van der Waals surface area contributed by atoms with Crippen molar-refractivity contribution < 1.29 is 9.53 Å². The van der Waals surface area contributed by atoms with Crippen molar-refractivity contribution in [1.29, 1.82) is 0 Å². The predicted octanol–water partition coefficient (Wildman–Crippen LogP) is 3.39. The summed E-state index contributed by atoms with van der Waals surface area (Å²) in [7, 11) is 0. The third-order valence-electron chi connectivity index (χ3n) is 2.30. The minimum Gasteiger partial charge on any atom is -0.463 e. The Bertz CT molecular complexity index is 361. The molecule has 0 N–H and O–H groups in total. The SMILES string of the molecule is CCOC(=O)C=Cc1ccc(C(C)C)cc1. The highest BCUT2D eigenvalue weighted by molar-refractivity contribution is 5.87. The van der Waals surface area contributed by atoms with E-state index < -0.39 is 0 Å². The Balaban J connectivity index is 2.65. The summed E-state index contributed by atoms with van der Waals surface area (Å²) < 4.78 is 4.80.